The van der Waals surface area contributed by atoms with E-state index in [1.165, 1.54) is 4.31 Å². The number of sulfonamides is 1. The van der Waals surface area contributed by atoms with Gasteiger partial charge in [0.2, 0.25) is 10.0 Å². The third kappa shape index (κ3) is 3.71. The Hall–Kier alpha value is -1.11. The van der Waals surface area contributed by atoms with Crippen LogP contribution in [-0.2, 0) is 10.0 Å². The van der Waals surface area contributed by atoms with Crippen molar-refractivity contribution in [2.24, 2.45) is 0 Å². The van der Waals surface area contributed by atoms with E-state index in [1.54, 1.807) is 46.8 Å². The molecule has 0 aliphatic carbocycles. The summed E-state index contributed by atoms with van der Waals surface area (Å²) in [5.41, 5.74) is 6.44. The second kappa shape index (κ2) is 5.71. The van der Waals surface area contributed by atoms with Crippen LogP contribution in [0.2, 0.25) is 0 Å². The van der Waals surface area contributed by atoms with E-state index in [1.807, 2.05) is 0 Å². The molecule has 0 aliphatic rings. The van der Waals surface area contributed by atoms with Crippen molar-refractivity contribution in [1.82, 2.24) is 4.31 Å². The molecular weight excluding hydrogens is 276 g/mol. The molecule has 0 aliphatic heterocycles. The van der Waals surface area contributed by atoms with Crippen molar-refractivity contribution in [3.8, 4) is 0 Å². The lowest BCUT2D eigenvalue weighted by Gasteiger charge is -2.28. The van der Waals surface area contributed by atoms with Crippen LogP contribution in [0.4, 0.5) is 5.69 Å². The monoisotopic (exact) mass is 300 g/mol. The first-order valence-electron chi connectivity index (χ1n) is 6.58. The summed E-state index contributed by atoms with van der Waals surface area (Å²) in [6, 6.07) is 3.30. The van der Waals surface area contributed by atoms with Crippen LogP contribution in [0.3, 0.4) is 0 Å². The summed E-state index contributed by atoms with van der Waals surface area (Å²) in [7, 11) is -3.64. The second-order valence-electron chi connectivity index (χ2n) is 5.73. The molecule has 6 heteroatoms. The number of nitrogens with two attached hydrogens (primary N) is 1. The molecule has 0 saturated heterocycles. The van der Waals surface area contributed by atoms with Crippen molar-refractivity contribution in [2.75, 3.05) is 18.8 Å². The van der Waals surface area contributed by atoms with Crippen LogP contribution in [-0.4, -0.2) is 36.5 Å². The molecule has 0 aromatic heterocycles. The van der Waals surface area contributed by atoms with Gasteiger partial charge in [-0.25, -0.2) is 8.42 Å². The largest absolute Gasteiger partial charge is 0.399 e. The number of hydrogen-bond donors (Lipinski definition) is 2. The molecule has 3 N–H and O–H groups in total. The highest BCUT2D eigenvalue weighted by Crippen LogP contribution is 2.27. The molecule has 20 heavy (non-hydrogen) atoms. The first-order valence-corrected chi connectivity index (χ1v) is 8.02. The molecule has 114 valence electrons. The van der Waals surface area contributed by atoms with Crippen LogP contribution < -0.4 is 5.73 Å². The molecule has 0 bridgehead atoms. The highest BCUT2D eigenvalue weighted by molar-refractivity contribution is 7.89. The Bertz CT molecular complexity index is 566. The fourth-order valence-electron chi connectivity index (χ4n) is 2.32. The van der Waals surface area contributed by atoms with Gasteiger partial charge in [0.1, 0.15) is 0 Å². The summed E-state index contributed by atoms with van der Waals surface area (Å²) < 4.78 is 26.8. The molecule has 5 nitrogen and oxygen atoms in total. The van der Waals surface area contributed by atoms with Gasteiger partial charge in [-0.15, -0.1) is 0 Å². The molecule has 0 amide bonds. The minimum absolute atomic E-state index is 0.0507. The molecule has 0 atom stereocenters. The zero-order valence-corrected chi connectivity index (χ0v) is 13.6. The number of benzene rings is 1. The Labute approximate surface area is 121 Å². The summed E-state index contributed by atoms with van der Waals surface area (Å²) in [6.45, 7) is 8.75. The lowest BCUT2D eigenvalue weighted by Crippen LogP contribution is -2.42. The van der Waals surface area contributed by atoms with Gasteiger partial charge in [-0.05, 0) is 51.0 Å². The number of aryl methyl sites for hydroxylation is 2. The Morgan fingerprint density at radius 2 is 1.70 bits per heavy atom. The van der Waals surface area contributed by atoms with Crippen molar-refractivity contribution >= 4 is 15.7 Å². The van der Waals surface area contributed by atoms with E-state index in [9.17, 15) is 13.5 Å². The Kier molecular flexibility index (Phi) is 4.84. The van der Waals surface area contributed by atoms with Gasteiger partial charge < -0.3 is 10.8 Å². The van der Waals surface area contributed by atoms with Crippen LogP contribution in [0.15, 0.2) is 17.0 Å². The number of rotatable bonds is 5. The normalized spacial score (nSPS) is 12.9. The summed E-state index contributed by atoms with van der Waals surface area (Å²) in [4.78, 5) is 0.276. The fraction of sp³-hybridized carbons (Fsp3) is 0.571. The number of likely N-dealkylation sites (N-methyl/N-ethyl adjacent to an activating group) is 1. The van der Waals surface area contributed by atoms with Gasteiger partial charge in [-0.3, -0.25) is 0 Å². The summed E-state index contributed by atoms with van der Waals surface area (Å²) >= 11 is 0. The van der Waals surface area contributed by atoms with Gasteiger partial charge in [-0.1, -0.05) is 6.92 Å². The minimum Gasteiger partial charge on any atom is -0.399 e. The predicted molar refractivity (Wildman–Crippen MR) is 81.1 cm³/mol. The van der Waals surface area contributed by atoms with Crippen molar-refractivity contribution in [3.05, 3.63) is 23.3 Å². The van der Waals surface area contributed by atoms with E-state index in [2.05, 4.69) is 0 Å². The quantitative estimate of drug-likeness (QED) is 0.810. The third-order valence-corrected chi connectivity index (χ3v) is 5.22. The molecule has 0 saturated carbocycles. The zero-order chi connectivity index (χ0) is 15.7. The summed E-state index contributed by atoms with van der Waals surface area (Å²) in [5.74, 6) is 0. The molecule has 0 heterocycles. The standard InChI is InChI=1S/C14H24N2O3S/c1-6-16(9-14(4,5)17)20(18,19)13-10(2)7-12(15)8-11(13)3/h7-8,17H,6,9,15H2,1-5H3. The first kappa shape index (κ1) is 16.9. The van der Waals surface area contributed by atoms with Crippen LogP contribution in [0.25, 0.3) is 0 Å². The number of hydrogen-bond acceptors (Lipinski definition) is 4. The van der Waals surface area contributed by atoms with Crippen LogP contribution in [0.5, 0.6) is 0 Å². The third-order valence-electron chi connectivity index (χ3n) is 3.00. The Balaban J connectivity index is 3.35. The van der Waals surface area contributed by atoms with Crippen LogP contribution >= 0.6 is 0 Å². The molecule has 0 fully saturated rings. The van der Waals surface area contributed by atoms with Crippen molar-refractivity contribution in [1.29, 1.82) is 0 Å². The van der Waals surface area contributed by atoms with E-state index in [0.717, 1.165) is 0 Å². The van der Waals surface area contributed by atoms with Crippen LogP contribution in [0.1, 0.15) is 31.9 Å². The van der Waals surface area contributed by atoms with E-state index in [0.29, 0.717) is 23.4 Å². The van der Waals surface area contributed by atoms with Gasteiger partial charge >= 0.3 is 0 Å². The van der Waals surface area contributed by atoms with Gasteiger partial charge in [-0.2, -0.15) is 4.31 Å². The molecule has 0 radical (unpaired) electrons. The van der Waals surface area contributed by atoms with E-state index < -0.39 is 15.6 Å². The first-order chi connectivity index (χ1) is 8.99. The highest BCUT2D eigenvalue weighted by Gasteiger charge is 2.30. The molecule has 1 rings (SSSR count). The van der Waals surface area contributed by atoms with Crippen molar-refractivity contribution in [3.63, 3.8) is 0 Å². The lowest BCUT2D eigenvalue weighted by molar-refractivity contribution is 0.0601. The van der Waals surface area contributed by atoms with Gasteiger partial charge in [0.15, 0.2) is 0 Å². The zero-order valence-electron chi connectivity index (χ0n) is 12.8. The average Bonchev–Trinajstić information content (AvgIpc) is 2.22. The van der Waals surface area contributed by atoms with E-state index in [-0.39, 0.29) is 11.4 Å². The highest BCUT2D eigenvalue weighted by atomic mass is 32.2. The Morgan fingerprint density at radius 3 is 2.05 bits per heavy atom. The molecule has 1 aromatic rings. The number of nitrogen functional groups attached to an aromatic ring is 1. The number of anilines is 1. The molecular formula is C14H24N2O3S. The average molecular weight is 300 g/mol. The summed E-state index contributed by atoms with van der Waals surface area (Å²) in [5, 5.41) is 9.89. The van der Waals surface area contributed by atoms with Gasteiger partial charge in [0.25, 0.3) is 0 Å². The fourth-order valence-corrected chi connectivity index (χ4v) is 4.33. The smallest absolute Gasteiger partial charge is 0.243 e. The van der Waals surface area contributed by atoms with Crippen molar-refractivity contribution < 1.29 is 13.5 Å². The maximum absolute atomic E-state index is 12.8. The summed E-state index contributed by atoms with van der Waals surface area (Å²) in [6.07, 6.45) is 0. The van der Waals surface area contributed by atoms with Gasteiger partial charge in [0, 0.05) is 18.8 Å². The molecule has 0 unspecified atom stereocenters. The van der Waals surface area contributed by atoms with E-state index in [4.69, 9.17) is 5.73 Å². The maximum Gasteiger partial charge on any atom is 0.243 e. The number of nitrogens with zero attached hydrogens (tertiary/aromatic N) is 1. The van der Waals surface area contributed by atoms with E-state index >= 15 is 0 Å². The Morgan fingerprint density at radius 1 is 1.25 bits per heavy atom. The predicted octanol–water partition coefficient (Wildman–Crippen LogP) is 1.67. The lowest BCUT2D eigenvalue weighted by atomic mass is 10.1. The minimum atomic E-state index is -3.64. The number of aliphatic hydroxyl groups is 1. The molecule has 1 aromatic carbocycles. The van der Waals surface area contributed by atoms with Gasteiger partial charge in [0.05, 0.1) is 10.5 Å². The second-order valence-corrected chi connectivity index (χ2v) is 7.60. The molecule has 0 spiro atoms. The topological polar surface area (TPSA) is 83.6 Å². The SMILES string of the molecule is CCN(CC(C)(C)O)S(=O)(=O)c1c(C)cc(N)cc1C. The van der Waals surface area contributed by atoms with Crippen LogP contribution in [0, 0.1) is 13.8 Å². The van der Waals surface area contributed by atoms with Crippen molar-refractivity contribution in [2.45, 2.75) is 45.1 Å². The maximum atomic E-state index is 12.8.